The standard InChI is InChI=1S/C53H39N/c1-53(2)48-30-15-13-27-44(48)45-33-32-40(35-49(45)53)54(50-31-16-14-24-41(50)37-20-7-4-8-21-37)52-47-29-12-10-26-43(47)42-25-9-11-28-46(42)51(52)39-23-17-22-38(34-39)36-18-5-3-6-19-36/h3-35H,1-2H3. The first kappa shape index (κ1) is 32.0. The average molecular weight is 690 g/mol. The Bertz CT molecular complexity index is 2850. The maximum atomic E-state index is 2.56. The van der Waals surface area contributed by atoms with Gasteiger partial charge in [-0.25, -0.2) is 0 Å². The number of anilines is 3. The average Bonchev–Trinajstić information content (AvgIpc) is 3.47. The number of hydrogen-bond donors (Lipinski definition) is 0. The SMILES string of the molecule is CC1(C)c2ccccc2-c2ccc(N(c3ccccc3-c3ccccc3)c3c(-c4cccc(-c5ccccc5)c4)c4ccccc4c4ccccc34)cc21. The molecule has 0 N–H and O–H groups in total. The zero-order valence-corrected chi connectivity index (χ0v) is 30.5. The van der Waals surface area contributed by atoms with Crippen LogP contribution in [-0.2, 0) is 5.41 Å². The summed E-state index contributed by atoms with van der Waals surface area (Å²) in [6, 6.07) is 73.5. The summed E-state index contributed by atoms with van der Waals surface area (Å²) >= 11 is 0. The van der Waals surface area contributed by atoms with Gasteiger partial charge in [0, 0.05) is 27.6 Å². The lowest BCUT2D eigenvalue weighted by Crippen LogP contribution is -2.17. The molecule has 1 nitrogen and oxygen atoms in total. The molecule has 0 heterocycles. The van der Waals surface area contributed by atoms with Gasteiger partial charge in [0.15, 0.2) is 0 Å². The lowest BCUT2D eigenvalue weighted by atomic mass is 9.82. The van der Waals surface area contributed by atoms with Crippen molar-refractivity contribution in [2.24, 2.45) is 0 Å². The van der Waals surface area contributed by atoms with Gasteiger partial charge in [0.05, 0.1) is 11.4 Å². The van der Waals surface area contributed by atoms with Gasteiger partial charge in [0.25, 0.3) is 0 Å². The molecule has 0 aliphatic heterocycles. The van der Waals surface area contributed by atoms with E-state index in [-0.39, 0.29) is 5.41 Å². The highest BCUT2D eigenvalue weighted by Gasteiger charge is 2.36. The second kappa shape index (κ2) is 12.8. The van der Waals surface area contributed by atoms with Gasteiger partial charge in [-0.15, -0.1) is 0 Å². The van der Waals surface area contributed by atoms with Crippen molar-refractivity contribution in [2.45, 2.75) is 19.3 Å². The number of para-hydroxylation sites is 1. The number of nitrogens with zero attached hydrogens (tertiary/aromatic N) is 1. The first-order chi connectivity index (χ1) is 26.6. The van der Waals surface area contributed by atoms with E-state index in [4.69, 9.17) is 0 Å². The van der Waals surface area contributed by atoms with Crippen LogP contribution in [0.3, 0.4) is 0 Å². The minimum atomic E-state index is -0.148. The summed E-state index contributed by atoms with van der Waals surface area (Å²) in [5, 5.41) is 4.93. The monoisotopic (exact) mass is 689 g/mol. The van der Waals surface area contributed by atoms with Crippen LogP contribution in [-0.4, -0.2) is 0 Å². The topological polar surface area (TPSA) is 3.24 Å². The highest BCUT2D eigenvalue weighted by molar-refractivity contribution is 6.23. The van der Waals surface area contributed by atoms with E-state index in [0.717, 1.165) is 11.4 Å². The summed E-state index contributed by atoms with van der Waals surface area (Å²) in [4.78, 5) is 2.56. The lowest BCUT2D eigenvalue weighted by Gasteiger charge is -2.33. The lowest BCUT2D eigenvalue weighted by molar-refractivity contribution is 0.660. The first-order valence-electron chi connectivity index (χ1n) is 18.9. The molecular formula is C53H39N. The summed E-state index contributed by atoms with van der Waals surface area (Å²) in [5.41, 5.74) is 15.8. The second-order valence-electron chi connectivity index (χ2n) is 14.9. The van der Waals surface area contributed by atoms with E-state index < -0.39 is 0 Å². The van der Waals surface area contributed by atoms with E-state index >= 15 is 0 Å². The number of fused-ring (bicyclic) bond motifs is 6. The van der Waals surface area contributed by atoms with Crippen LogP contribution in [0.15, 0.2) is 200 Å². The third kappa shape index (κ3) is 5.08. The number of benzene rings is 9. The molecular weight excluding hydrogens is 651 g/mol. The fourth-order valence-corrected chi connectivity index (χ4v) is 8.88. The first-order valence-corrected chi connectivity index (χ1v) is 18.9. The molecule has 10 rings (SSSR count). The molecule has 0 saturated carbocycles. The van der Waals surface area contributed by atoms with E-state index in [0.29, 0.717) is 0 Å². The van der Waals surface area contributed by atoms with Crippen molar-refractivity contribution in [2.75, 3.05) is 4.90 Å². The zero-order valence-electron chi connectivity index (χ0n) is 30.5. The quantitative estimate of drug-likeness (QED) is 0.157. The van der Waals surface area contributed by atoms with Crippen molar-refractivity contribution in [1.29, 1.82) is 0 Å². The Hall–Kier alpha value is -6.70. The highest BCUT2D eigenvalue weighted by Crippen LogP contribution is 2.54. The van der Waals surface area contributed by atoms with E-state index in [1.807, 2.05) is 0 Å². The molecule has 0 radical (unpaired) electrons. The molecule has 1 heteroatoms. The van der Waals surface area contributed by atoms with Crippen molar-refractivity contribution in [3.8, 4) is 44.5 Å². The predicted octanol–water partition coefficient (Wildman–Crippen LogP) is 14.8. The molecule has 0 amide bonds. The number of hydrogen-bond acceptors (Lipinski definition) is 1. The number of rotatable bonds is 6. The smallest absolute Gasteiger partial charge is 0.0625 e. The largest absolute Gasteiger partial charge is 0.309 e. The van der Waals surface area contributed by atoms with Gasteiger partial charge in [-0.1, -0.05) is 190 Å². The Balaban J connectivity index is 1.34. The Morgan fingerprint density at radius 1 is 0.352 bits per heavy atom. The van der Waals surface area contributed by atoms with Gasteiger partial charge in [-0.05, 0) is 84.9 Å². The molecule has 0 spiro atoms. The van der Waals surface area contributed by atoms with Gasteiger partial charge in [0.1, 0.15) is 0 Å². The zero-order chi connectivity index (χ0) is 36.2. The Morgan fingerprint density at radius 3 is 1.65 bits per heavy atom. The van der Waals surface area contributed by atoms with Crippen molar-refractivity contribution in [1.82, 2.24) is 0 Å². The molecule has 0 bridgehead atoms. The molecule has 0 fully saturated rings. The second-order valence-corrected chi connectivity index (χ2v) is 14.9. The fourth-order valence-electron chi connectivity index (χ4n) is 8.88. The molecule has 0 atom stereocenters. The molecule has 0 saturated heterocycles. The van der Waals surface area contributed by atoms with E-state index in [2.05, 4.69) is 219 Å². The molecule has 1 aliphatic rings. The maximum absolute atomic E-state index is 2.56. The van der Waals surface area contributed by atoms with Crippen LogP contribution < -0.4 is 4.90 Å². The molecule has 9 aromatic rings. The van der Waals surface area contributed by atoms with Crippen LogP contribution >= 0.6 is 0 Å². The fraction of sp³-hybridized carbons (Fsp3) is 0.0566. The summed E-state index contributed by atoms with van der Waals surface area (Å²) in [5.74, 6) is 0. The van der Waals surface area contributed by atoms with Gasteiger partial charge >= 0.3 is 0 Å². The van der Waals surface area contributed by atoms with Crippen LogP contribution in [0.1, 0.15) is 25.0 Å². The van der Waals surface area contributed by atoms with Crippen molar-refractivity contribution < 1.29 is 0 Å². The molecule has 1 aliphatic carbocycles. The normalized spacial score (nSPS) is 12.8. The van der Waals surface area contributed by atoms with Crippen LogP contribution in [0, 0.1) is 0 Å². The van der Waals surface area contributed by atoms with Crippen LogP contribution in [0.25, 0.3) is 66.1 Å². The van der Waals surface area contributed by atoms with E-state index in [1.54, 1.807) is 0 Å². The van der Waals surface area contributed by atoms with Gasteiger partial charge in [-0.3, -0.25) is 0 Å². The van der Waals surface area contributed by atoms with Crippen molar-refractivity contribution in [3.05, 3.63) is 211 Å². The Labute approximate surface area is 317 Å². The van der Waals surface area contributed by atoms with Crippen molar-refractivity contribution in [3.63, 3.8) is 0 Å². The summed E-state index contributed by atoms with van der Waals surface area (Å²) in [6.07, 6.45) is 0. The van der Waals surface area contributed by atoms with Crippen molar-refractivity contribution >= 4 is 38.6 Å². The molecule has 0 unspecified atom stereocenters. The Kier molecular flexibility index (Phi) is 7.56. The molecule has 54 heavy (non-hydrogen) atoms. The van der Waals surface area contributed by atoms with Crippen LogP contribution in [0.4, 0.5) is 17.1 Å². The summed E-state index contributed by atoms with van der Waals surface area (Å²) < 4.78 is 0. The predicted molar refractivity (Wildman–Crippen MR) is 230 cm³/mol. The maximum Gasteiger partial charge on any atom is 0.0625 e. The van der Waals surface area contributed by atoms with Gasteiger partial charge in [0.2, 0.25) is 0 Å². The van der Waals surface area contributed by atoms with E-state index in [1.165, 1.54) is 82.9 Å². The summed E-state index contributed by atoms with van der Waals surface area (Å²) in [6.45, 7) is 4.74. The molecule has 0 aromatic heterocycles. The molecule has 9 aromatic carbocycles. The summed E-state index contributed by atoms with van der Waals surface area (Å²) in [7, 11) is 0. The molecule has 256 valence electrons. The minimum absolute atomic E-state index is 0.148. The minimum Gasteiger partial charge on any atom is -0.309 e. The third-order valence-electron chi connectivity index (χ3n) is 11.4. The van der Waals surface area contributed by atoms with Gasteiger partial charge < -0.3 is 4.90 Å². The Morgan fingerprint density at radius 2 is 0.889 bits per heavy atom. The van der Waals surface area contributed by atoms with Gasteiger partial charge in [-0.2, -0.15) is 0 Å². The highest BCUT2D eigenvalue weighted by atomic mass is 15.1. The van der Waals surface area contributed by atoms with E-state index in [9.17, 15) is 0 Å². The van der Waals surface area contributed by atoms with Crippen LogP contribution in [0.2, 0.25) is 0 Å². The van der Waals surface area contributed by atoms with Crippen LogP contribution in [0.5, 0.6) is 0 Å². The third-order valence-corrected chi connectivity index (χ3v) is 11.4.